The van der Waals surface area contributed by atoms with E-state index in [2.05, 4.69) is 0 Å². The minimum Gasteiger partial charge on any atom is -0.494 e. The van der Waals surface area contributed by atoms with Crippen LogP contribution in [0.5, 0.6) is 5.75 Å². The molecule has 3 aromatic carbocycles. The summed E-state index contributed by atoms with van der Waals surface area (Å²) >= 11 is 6.54. The van der Waals surface area contributed by atoms with Crippen molar-refractivity contribution in [2.45, 2.75) is 50.8 Å². The molecule has 4 N–H and O–H groups in total. The van der Waals surface area contributed by atoms with Crippen molar-refractivity contribution in [1.82, 2.24) is 0 Å². The normalized spacial score (nSPS) is 24.4. The van der Waals surface area contributed by atoms with E-state index in [1.54, 1.807) is 0 Å². The van der Waals surface area contributed by atoms with Crippen LogP contribution in [-0.2, 0) is 11.2 Å². The van der Waals surface area contributed by atoms with E-state index in [4.69, 9.17) is 21.1 Å². The van der Waals surface area contributed by atoms with Crippen LogP contribution in [0, 0.1) is 6.92 Å². The molecule has 0 radical (unpaired) electrons. The van der Waals surface area contributed by atoms with E-state index in [-0.39, 0.29) is 0 Å². The van der Waals surface area contributed by atoms with E-state index in [0.29, 0.717) is 23.6 Å². The molecule has 4 rings (SSSR count). The lowest BCUT2D eigenvalue weighted by Crippen LogP contribution is -2.55. The molecule has 1 saturated heterocycles. The summed E-state index contributed by atoms with van der Waals surface area (Å²) in [6.45, 7) is 4.09. The molecule has 5 unspecified atom stereocenters. The fraction of sp³-hybridized carbons (Fsp3) is 0.357. The molecule has 6 nitrogen and oxygen atoms in total. The molecule has 3 aromatic rings. The molecular weight excluding hydrogens is 468 g/mol. The van der Waals surface area contributed by atoms with E-state index in [1.165, 1.54) is 0 Å². The number of rotatable bonds is 7. The Kier molecular flexibility index (Phi) is 8.12. The molecule has 1 fully saturated rings. The first-order chi connectivity index (χ1) is 16.8. The number of aliphatic hydroxyl groups excluding tert-OH is 4. The van der Waals surface area contributed by atoms with Gasteiger partial charge in [0.2, 0.25) is 0 Å². The van der Waals surface area contributed by atoms with Gasteiger partial charge in [-0.3, -0.25) is 0 Å². The molecule has 7 heteroatoms. The van der Waals surface area contributed by atoms with Crippen LogP contribution in [-0.4, -0.2) is 58.1 Å². The van der Waals surface area contributed by atoms with Crippen LogP contribution in [0.3, 0.4) is 0 Å². The summed E-state index contributed by atoms with van der Waals surface area (Å²) in [5, 5.41) is 41.6. The van der Waals surface area contributed by atoms with Gasteiger partial charge >= 0.3 is 0 Å². The monoisotopic (exact) mass is 498 g/mol. The zero-order valence-electron chi connectivity index (χ0n) is 19.8. The molecule has 0 aromatic heterocycles. The first-order valence-electron chi connectivity index (χ1n) is 11.7. The van der Waals surface area contributed by atoms with Gasteiger partial charge in [-0.05, 0) is 72.4 Å². The van der Waals surface area contributed by atoms with Crippen molar-refractivity contribution in [3.8, 4) is 16.9 Å². The second kappa shape index (κ2) is 11.1. The number of halogens is 1. The van der Waals surface area contributed by atoms with Gasteiger partial charge in [0.1, 0.15) is 36.3 Å². The minimum absolute atomic E-state index is 0.482. The lowest BCUT2D eigenvalue weighted by atomic mass is 9.85. The number of hydrogen-bond donors (Lipinski definition) is 4. The summed E-state index contributed by atoms with van der Waals surface area (Å²) in [4.78, 5) is 0. The molecule has 186 valence electrons. The van der Waals surface area contributed by atoms with Crippen molar-refractivity contribution < 1.29 is 29.9 Å². The molecular formula is C28H31ClO6. The fourth-order valence-corrected chi connectivity index (χ4v) is 4.81. The highest BCUT2D eigenvalue weighted by Gasteiger charge is 2.44. The van der Waals surface area contributed by atoms with E-state index in [1.807, 2.05) is 74.5 Å². The summed E-state index contributed by atoms with van der Waals surface area (Å²) in [5.74, 6) is 0.805. The van der Waals surface area contributed by atoms with Crippen LogP contribution in [0.1, 0.15) is 35.3 Å². The van der Waals surface area contributed by atoms with Gasteiger partial charge in [0.15, 0.2) is 0 Å². The predicted molar refractivity (Wildman–Crippen MR) is 135 cm³/mol. The molecule has 0 spiro atoms. The average molecular weight is 499 g/mol. The molecule has 0 bridgehead atoms. The van der Waals surface area contributed by atoms with E-state index in [9.17, 15) is 20.4 Å². The highest BCUT2D eigenvalue weighted by Crippen LogP contribution is 2.39. The largest absolute Gasteiger partial charge is 0.494 e. The van der Waals surface area contributed by atoms with Gasteiger partial charge in [-0.25, -0.2) is 0 Å². The van der Waals surface area contributed by atoms with Crippen LogP contribution < -0.4 is 4.74 Å². The van der Waals surface area contributed by atoms with Crippen LogP contribution in [0.15, 0.2) is 60.7 Å². The standard InChI is InChI=1S/C28H31ClO6/c1-3-34-20-10-8-17(9-11-20)12-18-13-19(28-27(33)26(32)25(31)24(15-30)35-28)14-22(16(18)2)21-6-4-5-7-23(21)29/h4-11,13-14,24-28,30-33H,3,12,15H2,1-2H3. The number of aliphatic hydroxyl groups is 4. The summed E-state index contributed by atoms with van der Waals surface area (Å²) in [5.41, 5.74) is 5.45. The molecule has 1 heterocycles. The first kappa shape index (κ1) is 25.6. The maximum Gasteiger partial charge on any atom is 0.119 e. The highest BCUT2D eigenvalue weighted by molar-refractivity contribution is 6.33. The third kappa shape index (κ3) is 5.38. The van der Waals surface area contributed by atoms with Crippen molar-refractivity contribution in [2.24, 2.45) is 0 Å². The summed E-state index contributed by atoms with van der Waals surface area (Å²) in [7, 11) is 0. The lowest BCUT2D eigenvalue weighted by molar-refractivity contribution is -0.231. The maximum atomic E-state index is 10.8. The second-order valence-corrected chi connectivity index (χ2v) is 9.24. The molecule has 35 heavy (non-hydrogen) atoms. The topological polar surface area (TPSA) is 99.4 Å². The molecule has 1 aliphatic heterocycles. The lowest BCUT2D eigenvalue weighted by Gasteiger charge is -2.40. The Labute approximate surface area is 210 Å². The Morgan fingerprint density at radius 1 is 0.914 bits per heavy atom. The van der Waals surface area contributed by atoms with Crippen LogP contribution >= 0.6 is 11.6 Å². The van der Waals surface area contributed by atoms with Crippen LogP contribution in [0.2, 0.25) is 5.02 Å². The van der Waals surface area contributed by atoms with Gasteiger partial charge in [0, 0.05) is 10.6 Å². The molecule has 0 aliphatic carbocycles. The van der Waals surface area contributed by atoms with E-state index in [0.717, 1.165) is 33.6 Å². The van der Waals surface area contributed by atoms with Crippen LogP contribution in [0.4, 0.5) is 0 Å². The Balaban J connectivity index is 1.79. The zero-order valence-corrected chi connectivity index (χ0v) is 20.5. The SMILES string of the molecule is CCOc1ccc(Cc2cc(C3OC(CO)C(O)C(O)C3O)cc(-c3ccccc3Cl)c2C)cc1. The van der Waals surface area contributed by atoms with Gasteiger partial charge in [-0.2, -0.15) is 0 Å². The summed E-state index contributed by atoms with van der Waals surface area (Å²) in [6, 6.07) is 19.3. The third-order valence-corrected chi connectivity index (χ3v) is 6.88. The smallest absolute Gasteiger partial charge is 0.119 e. The Bertz CT molecular complexity index is 1150. The second-order valence-electron chi connectivity index (χ2n) is 8.84. The Hall–Kier alpha value is -2.45. The van der Waals surface area contributed by atoms with Gasteiger partial charge in [0.25, 0.3) is 0 Å². The van der Waals surface area contributed by atoms with Crippen molar-refractivity contribution in [2.75, 3.05) is 13.2 Å². The van der Waals surface area contributed by atoms with Crippen molar-refractivity contribution in [3.05, 3.63) is 87.9 Å². The molecule has 1 aliphatic rings. The van der Waals surface area contributed by atoms with Crippen molar-refractivity contribution in [3.63, 3.8) is 0 Å². The first-order valence-corrected chi connectivity index (χ1v) is 12.1. The predicted octanol–water partition coefficient (Wildman–Crippen LogP) is 3.82. The van der Waals surface area contributed by atoms with E-state index >= 15 is 0 Å². The van der Waals surface area contributed by atoms with Gasteiger partial charge in [0.05, 0.1) is 13.2 Å². The minimum atomic E-state index is -1.45. The number of hydrogen-bond acceptors (Lipinski definition) is 6. The van der Waals surface area contributed by atoms with Gasteiger partial charge in [-0.1, -0.05) is 48.0 Å². The maximum absolute atomic E-state index is 10.8. The van der Waals surface area contributed by atoms with E-state index < -0.39 is 37.1 Å². The number of ether oxygens (including phenoxy) is 2. The molecule has 5 atom stereocenters. The van der Waals surface area contributed by atoms with Gasteiger partial charge < -0.3 is 29.9 Å². The molecule has 0 saturated carbocycles. The summed E-state index contributed by atoms with van der Waals surface area (Å²) in [6.07, 6.45) is -5.55. The van der Waals surface area contributed by atoms with Crippen LogP contribution in [0.25, 0.3) is 11.1 Å². The fourth-order valence-electron chi connectivity index (χ4n) is 4.57. The zero-order chi connectivity index (χ0) is 25.1. The molecule has 0 amide bonds. The Morgan fingerprint density at radius 3 is 2.29 bits per heavy atom. The van der Waals surface area contributed by atoms with Crippen molar-refractivity contribution in [1.29, 1.82) is 0 Å². The quantitative estimate of drug-likeness (QED) is 0.395. The summed E-state index contributed by atoms with van der Waals surface area (Å²) < 4.78 is 11.4. The van der Waals surface area contributed by atoms with Crippen molar-refractivity contribution >= 4 is 11.6 Å². The van der Waals surface area contributed by atoms with Gasteiger partial charge in [-0.15, -0.1) is 0 Å². The third-order valence-electron chi connectivity index (χ3n) is 6.55. The average Bonchev–Trinajstić information content (AvgIpc) is 2.86. The Morgan fingerprint density at radius 2 is 1.63 bits per heavy atom. The highest BCUT2D eigenvalue weighted by atomic mass is 35.5. The number of benzene rings is 3.